The van der Waals surface area contributed by atoms with E-state index in [-0.39, 0.29) is 24.0 Å². The van der Waals surface area contributed by atoms with Crippen molar-refractivity contribution in [3.8, 4) is 0 Å². The first-order valence-electron chi connectivity index (χ1n) is 9.50. The molecule has 0 aliphatic carbocycles. The standard InChI is InChI=1S/C23H24FNO2/c1-15-10-18(11-16(2)22(15)24)19-12-20-8-9-21(13-19)25(20)23(26)27-14-17-6-4-3-5-7-17/h3-7,10-12,20-21H,8-9,13-14H2,1-2H3. The van der Waals surface area contributed by atoms with Gasteiger partial charge in [0.15, 0.2) is 0 Å². The fourth-order valence-electron chi connectivity index (χ4n) is 4.25. The molecule has 2 atom stereocenters. The van der Waals surface area contributed by atoms with Gasteiger partial charge in [-0.25, -0.2) is 9.18 Å². The molecule has 0 aromatic heterocycles. The summed E-state index contributed by atoms with van der Waals surface area (Å²) in [6.07, 6.45) is 4.65. The van der Waals surface area contributed by atoms with Gasteiger partial charge in [0.2, 0.25) is 0 Å². The Balaban J connectivity index is 1.50. The minimum absolute atomic E-state index is 0.0627. The zero-order valence-electron chi connectivity index (χ0n) is 15.7. The fraction of sp³-hybridized carbons (Fsp3) is 0.348. The number of benzene rings is 2. The van der Waals surface area contributed by atoms with Gasteiger partial charge in [-0.3, -0.25) is 4.90 Å². The second-order valence-electron chi connectivity index (χ2n) is 7.57. The van der Waals surface area contributed by atoms with E-state index in [2.05, 4.69) is 6.08 Å². The summed E-state index contributed by atoms with van der Waals surface area (Å²) in [5.41, 5.74) is 4.61. The van der Waals surface area contributed by atoms with E-state index in [0.717, 1.165) is 30.4 Å². The number of fused-ring (bicyclic) bond motifs is 2. The quantitative estimate of drug-likeness (QED) is 0.729. The van der Waals surface area contributed by atoms with Crippen molar-refractivity contribution in [3.63, 3.8) is 0 Å². The molecular formula is C23H24FNO2. The molecule has 1 amide bonds. The summed E-state index contributed by atoms with van der Waals surface area (Å²) in [6, 6.07) is 13.8. The minimum atomic E-state index is -0.242. The maximum Gasteiger partial charge on any atom is 0.410 e. The largest absolute Gasteiger partial charge is 0.445 e. The number of hydrogen-bond acceptors (Lipinski definition) is 2. The van der Waals surface area contributed by atoms with E-state index in [0.29, 0.717) is 17.7 Å². The fourth-order valence-corrected chi connectivity index (χ4v) is 4.25. The lowest BCUT2D eigenvalue weighted by Gasteiger charge is -2.33. The second kappa shape index (κ2) is 7.18. The molecule has 2 bridgehead atoms. The molecule has 2 heterocycles. The lowest BCUT2D eigenvalue weighted by molar-refractivity contribution is 0.0832. The molecule has 3 nitrogen and oxygen atoms in total. The lowest BCUT2D eigenvalue weighted by atomic mass is 9.92. The molecule has 2 aliphatic heterocycles. The van der Waals surface area contributed by atoms with Crippen molar-refractivity contribution in [2.75, 3.05) is 0 Å². The van der Waals surface area contributed by atoms with E-state index in [1.807, 2.05) is 47.4 Å². The number of hydrogen-bond donors (Lipinski definition) is 0. The first-order chi connectivity index (χ1) is 13.0. The predicted octanol–water partition coefficient (Wildman–Crippen LogP) is 5.40. The van der Waals surface area contributed by atoms with Gasteiger partial charge in [-0.1, -0.05) is 36.4 Å². The third-order valence-electron chi connectivity index (χ3n) is 5.62. The molecule has 1 saturated heterocycles. The zero-order valence-corrected chi connectivity index (χ0v) is 15.7. The molecule has 2 unspecified atom stereocenters. The van der Waals surface area contributed by atoms with Crippen LogP contribution in [0.15, 0.2) is 48.5 Å². The molecule has 0 N–H and O–H groups in total. The van der Waals surface area contributed by atoms with Gasteiger partial charge in [0, 0.05) is 6.04 Å². The van der Waals surface area contributed by atoms with Crippen LogP contribution in [-0.4, -0.2) is 23.1 Å². The van der Waals surface area contributed by atoms with Gasteiger partial charge in [-0.15, -0.1) is 0 Å². The highest BCUT2D eigenvalue weighted by atomic mass is 19.1. The van der Waals surface area contributed by atoms with Crippen LogP contribution in [0.3, 0.4) is 0 Å². The highest BCUT2D eigenvalue weighted by Gasteiger charge is 2.40. The van der Waals surface area contributed by atoms with Crippen LogP contribution in [-0.2, 0) is 11.3 Å². The van der Waals surface area contributed by atoms with E-state index in [1.165, 1.54) is 5.57 Å². The lowest BCUT2D eigenvalue weighted by Crippen LogP contribution is -2.43. The van der Waals surface area contributed by atoms with Gasteiger partial charge < -0.3 is 4.74 Å². The molecule has 140 valence electrons. The number of rotatable bonds is 3. The second-order valence-corrected chi connectivity index (χ2v) is 7.57. The van der Waals surface area contributed by atoms with E-state index in [4.69, 9.17) is 4.74 Å². The maximum atomic E-state index is 13.9. The Morgan fingerprint density at radius 1 is 1.15 bits per heavy atom. The number of amides is 1. The monoisotopic (exact) mass is 365 g/mol. The number of ether oxygens (including phenoxy) is 1. The summed E-state index contributed by atoms with van der Waals surface area (Å²) in [6.45, 7) is 3.90. The highest BCUT2D eigenvalue weighted by Crippen LogP contribution is 2.39. The normalized spacial score (nSPS) is 21.1. The van der Waals surface area contributed by atoms with Crippen molar-refractivity contribution < 1.29 is 13.9 Å². The van der Waals surface area contributed by atoms with Crippen molar-refractivity contribution in [1.29, 1.82) is 0 Å². The van der Waals surface area contributed by atoms with Gasteiger partial charge in [-0.2, -0.15) is 0 Å². The summed E-state index contributed by atoms with van der Waals surface area (Å²) < 4.78 is 19.5. The van der Waals surface area contributed by atoms with Crippen molar-refractivity contribution in [3.05, 3.63) is 76.6 Å². The molecule has 2 aromatic carbocycles. The molecule has 0 saturated carbocycles. The van der Waals surface area contributed by atoms with Crippen LogP contribution in [0.5, 0.6) is 0 Å². The number of halogens is 1. The van der Waals surface area contributed by atoms with Crippen LogP contribution >= 0.6 is 0 Å². The third kappa shape index (κ3) is 3.48. The molecule has 1 fully saturated rings. The van der Waals surface area contributed by atoms with Crippen LogP contribution in [0.2, 0.25) is 0 Å². The first kappa shape index (κ1) is 17.8. The van der Waals surface area contributed by atoms with Crippen molar-refractivity contribution in [2.45, 2.75) is 51.8 Å². The smallest absolute Gasteiger partial charge is 0.410 e. The number of carbonyl (C=O) groups is 1. The molecule has 4 rings (SSSR count). The Hall–Kier alpha value is -2.62. The van der Waals surface area contributed by atoms with Crippen molar-refractivity contribution >= 4 is 11.7 Å². The van der Waals surface area contributed by atoms with Crippen LogP contribution in [0.25, 0.3) is 5.57 Å². The molecule has 27 heavy (non-hydrogen) atoms. The summed E-state index contributed by atoms with van der Waals surface area (Å²) in [7, 11) is 0. The molecule has 0 spiro atoms. The Kier molecular flexibility index (Phi) is 4.73. The maximum absolute atomic E-state index is 13.9. The summed E-state index contributed by atoms with van der Waals surface area (Å²) in [5.74, 6) is -0.135. The topological polar surface area (TPSA) is 29.5 Å². The number of carbonyl (C=O) groups excluding carboxylic acids is 1. The summed E-state index contributed by atoms with van der Waals surface area (Å²) in [4.78, 5) is 14.5. The molecule has 0 radical (unpaired) electrons. The Morgan fingerprint density at radius 2 is 1.85 bits per heavy atom. The van der Waals surface area contributed by atoms with Crippen molar-refractivity contribution in [1.82, 2.24) is 4.90 Å². The predicted molar refractivity (Wildman–Crippen MR) is 104 cm³/mol. The van der Waals surface area contributed by atoms with Crippen LogP contribution < -0.4 is 0 Å². The van der Waals surface area contributed by atoms with Crippen LogP contribution in [0, 0.1) is 19.7 Å². The minimum Gasteiger partial charge on any atom is -0.445 e. The van der Waals surface area contributed by atoms with E-state index in [9.17, 15) is 9.18 Å². The van der Waals surface area contributed by atoms with Crippen LogP contribution in [0.4, 0.5) is 9.18 Å². The van der Waals surface area contributed by atoms with E-state index < -0.39 is 0 Å². The number of aryl methyl sites for hydroxylation is 2. The first-order valence-corrected chi connectivity index (χ1v) is 9.50. The Labute approximate surface area is 159 Å². The average Bonchev–Trinajstić information content (AvgIpc) is 2.94. The van der Waals surface area contributed by atoms with E-state index in [1.54, 1.807) is 13.8 Å². The van der Waals surface area contributed by atoms with Crippen molar-refractivity contribution in [2.24, 2.45) is 0 Å². The van der Waals surface area contributed by atoms with Gasteiger partial charge >= 0.3 is 6.09 Å². The Morgan fingerprint density at radius 3 is 2.52 bits per heavy atom. The van der Waals surface area contributed by atoms with Gasteiger partial charge in [0.1, 0.15) is 12.4 Å². The highest BCUT2D eigenvalue weighted by molar-refractivity contribution is 5.75. The SMILES string of the molecule is Cc1cc(C2=CC3CCC(C2)N3C(=O)OCc2ccccc2)cc(C)c1F. The summed E-state index contributed by atoms with van der Waals surface area (Å²) >= 11 is 0. The molecule has 4 heteroatoms. The van der Waals surface area contributed by atoms with Crippen LogP contribution in [0.1, 0.15) is 41.5 Å². The van der Waals surface area contributed by atoms with Gasteiger partial charge in [0.05, 0.1) is 6.04 Å². The number of nitrogens with zero attached hydrogens (tertiary/aromatic N) is 1. The molecule has 2 aromatic rings. The molecule has 2 aliphatic rings. The third-order valence-corrected chi connectivity index (χ3v) is 5.62. The Bertz CT molecular complexity index is 868. The summed E-state index contributed by atoms with van der Waals surface area (Å²) in [5, 5.41) is 0. The van der Waals surface area contributed by atoms with E-state index >= 15 is 0 Å². The van der Waals surface area contributed by atoms with Gasteiger partial charge in [-0.05, 0) is 73.1 Å². The average molecular weight is 365 g/mol. The zero-order chi connectivity index (χ0) is 19.0. The molecular weight excluding hydrogens is 341 g/mol. The van der Waals surface area contributed by atoms with Gasteiger partial charge in [0.25, 0.3) is 0 Å².